The smallest absolute Gasteiger partial charge is 0.372 e. The third-order valence-corrected chi connectivity index (χ3v) is 28.5. The van der Waals surface area contributed by atoms with Crippen LogP contribution in [0, 0.1) is 5.92 Å². The van der Waals surface area contributed by atoms with E-state index in [9.17, 15) is 70.7 Å². The van der Waals surface area contributed by atoms with Gasteiger partial charge in [-0.3, -0.25) is 57.5 Å². The molecule has 0 spiro atoms. The highest BCUT2D eigenvalue weighted by Gasteiger charge is 2.49. The third-order valence-electron chi connectivity index (χ3n) is 26.0. The number of carbonyl (C=O) groups excluding carboxylic acids is 12. The molecule has 147 heavy (non-hydrogen) atoms. The molecule has 1 aliphatic carbocycles. The number of rotatable bonds is 39. The van der Waals surface area contributed by atoms with E-state index in [2.05, 4.69) is 102 Å². The van der Waals surface area contributed by atoms with Gasteiger partial charge in [0.05, 0.1) is 55.0 Å². The summed E-state index contributed by atoms with van der Waals surface area (Å²) in [5.74, 6) is -4.73. The maximum atomic E-state index is 14.3. The zero-order valence-electron chi connectivity index (χ0n) is 84.6. The predicted molar refractivity (Wildman–Crippen MR) is 558 cm³/mol. The van der Waals surface area contributed by atoms with E-state index in [4.69, 9.17) is 15.2 Å². The summed E-state index contributed by atoms with van der Waals surface area (Å²) in [5.41, 5.74) is 11.6. The number of aromatic nitrogens is 8. The van der Waals surface area contributed by atoms with E-state index in [0.717, 1.165) is 117 Å². The third kappa shape index (κ3) is 32.7. The number of unbranched alkanes of at least 4 members (excludes halogenated alkanes) is 1. The quantitative estimate of drug-likeness (QED) is 0.0159. The molecule has 0 unspecified atom stereocenters. The second kappa shape index (κ2) is 56.0. The van der Waals surface area contributed by atoms with Gasteiger partial charge < -0.3 is 98.6 Å². The summed E-state index contributed by atoms with van der Waals surface area (Å²) in [6.07, 6.45) is 3.17. The van der Waals surface area contributed by atoms with Gasteiger partial charge in [-0.15, -0.1) is 20.4 Å². The Morgan fingerprint density at radius 1 is 0.415 bits per heavy atom. The number of nitrogens with two attached hydrogens (primary N) is 1. The van der Waals surface area contributed by atoms with E-state index >= 15 is 0 Å². The fraction of sp³-hybridized carbons (Fsp3) is 0.505. The molecular weight excluding hydrogens is 1970 g/mol. The summed E-state index contributed by atoms with van der Waals surface area (Å²) >= 11 is 4.26. The Balaban J connectivity index is 0.000000187. The molecular formula is C101H134F3N25O14S4. The van der Waals surface area contributed by atoms with Crippen molar-refractivity contribution in [1.82, 2.24) is 100 Å². The van der Waals surface area contributed by atoms with Crippen molar-refractivity contribution in [2.75, 3.05) is 82.2 Å². The van der Waals surface area contributed by atoms with Crippen molar-refractivity contribution in [2.24, 2.45) is 11.7 Å². The van der Waals surface area contributed by atoms with Crippen molar-refractivity contribution >= 4 is 137 Å². The lowest BCUT2D eigenvalue weighted by molar-refractivity contribution is -0.157. The Morgan fingerprint density at radius 2 is 0.762 bits per heavy atom. The van der Waals surface area contributed by atoms with Gasteiger partial charge in [0.25, 0.3) is 0 Å². The number of likely N-dealkylation sites (tertiary alicyclic amines) is 4. The van der Waals surface area contributed by atoms with Crippen molar-refractivity contribution in [3.8, 4) is 45.0 Å². The highest BCUT2D eigenvalue weighted by atomic mass is 32.1. The van der Waals surface area contributed by atoms with Crippen molar-refractivity contribution in [3.63, 3.8) is 0 Å². The number of hydrogen-bond acceptors (Lipinski definition) is 31. The average molecular weight is 2110 g/mol. The number of benzene rings is 5. The van der Waals surface area contributed by atoms with Crippen LogP contribution in [0.2, 0.25) is 0 Å². The molecule has 5 aliphatic rings. The number of amides is 12. The van der Waals surface area contributed by atoms with Gasteiger partial charge in [0.1, 0.15) is 91.1 Å². The van der Waals surface area contributed by atoms with Crippen LogP contribution in [-0.4, -0.2) is 286 Å². The summed E-state index contributed by atoms with van der Waals surface area (Å²) < 4.78 is 67.7. The molecule has 4 aromatic heterocycles. The molecule has 0 radical (unpaired) electrons. The second-order valence-corrected chi connectivity index (χ2v) is 40.5. The Morgan fingerprint density at radius 3 is 1.13 bits per heavy atom. The molecule has 39 nitrogen and oxygen atoms in total. The molecule has 46 heteroatoms. The van der Waals surface area contributed by atoms with E-state index < -0.39 is 115 Å². The molecule has 9 aromatic rings. The first-order valence-electron chi connectivity index (χ1n) is 49.5. The number of likely N-dealkylation sites (N-methyl/N-ethyl adjacent to an activating group) is 4. The topological polar surface area (TPSA) is 510 Å². The number of hydrogen-bond donors (Lipinski definition) is 13. The van der Waals surface area contributed by atoms with Crippen LogP contribution >= 0.6 is 46.1 Å². The molecule has 4 saturated heterocycles. The zero-order valence-corrected chi connectivity index (χ0v) is 87.8. The van der Waals surface area contributed by atoms with E-state index in [0.29, 0.717) is 120 Å². The number of ether oxygens (including phenoxy) is 2. The van der Waals surface area contributed by atoms with E-state index in [1.54, 1.807) is 75.7 Å². The number of halogens is 3. The molecule has 5 fully saturated rings. The monoisotopic (exact) mass is 2110 g/mol. The average Bonchev–Trinajstić information content (AvgIpc) is 1.67. The zero-order chi connectivity index (χ0) is 106. The molecule has 5 aromatic carbocycles. The van der Waals surface area contributed by atoms with Crippen molar-refractivity contribution in [3.05, 3.63) is 157 Å². The van der Waals surface area contributed by atoms with Gasteiger partial charge in [-0.05, 0) is 172 Å². The van der Waals surface area contributed by atoms with E-state index in [1.165, 1.54) is 14.0 Å². The van der Waals surface area contributed by atoms with Crippen LogP contribution in [0.3, 0.4) is 0 Å². The highest BCUT2D eigenvalue weighted by Crippen LogP contribution is 2.38. The fourth-order valence-corrected chi connectivity index (χ4v) is 20.0. The molecule has 1 saturated carbocycles. The number of anilines is 4. The standard InChI is InChI=1S/C32H40N6O4S.C25H36N6O4S.C23H33N7O3S.C21H25F3N6O3S/c1-21(33-2)29(39)34-28(24-16-10-5-11-17-24)32(41)38-19-25(42-20-22-12-6-3-7-13-22)18-26(38)30(40)35-31-27(36-37-43-31)23-14-8-4-9-15-23;1-15(26-6)21(32)27-19(16(2)35-25(3,4)5)24(34)31-14-10-13-18(31)22(33)28-23-20(29-30-36-23)17-11-8-7-9-12-17;1-15(25-2)20(31)26-17(11-6-7-13-24)23(33)30-14-8-12-18(30)21(32)27-22-19(28-29-34-22)16-9-4-3-5-10-16;1-12(25-2)17(31)26-14(11-21(22,23)24)20(33)30-10-6-9-15(30)18(32)27-19-16(28-29-34-19)13-7-4-3-5-8-13/h3-4,6-9,12-15,21,24-26,28,33H,5,10-11,16-20H2,1-2H3,(H,34,39)(H,35,40);7-9,11-12,15-16,18-19,26H,10,13-14H2,1-6H3,(H,27,32)(H,28,33);3-5,9-10,15,17-18,25H,6-8,11-14,24H2,1-2H3,(H,26,31)(H,27,32);3-5,7-8,12,14-15,25H,6,9-11H2,1-2H3,(H,26,31)(H,27,32)/t21-,25+,26-,28-;15-,16+,18-,19-;15-,17-,18-;12-,14+,15-/m0000/s1. The SMILES string of the molecule is CN[C@@H](C)C(=O)N[C@@H](CCCCN)C(=O)N1CCC[C@H]1C(=O)Nc1snnc1-c1ccccc1.CN[C@@H](C)C(=O)N[C@H](C(=O)N1CCC[C@H]1C(=O)Nc1snnc1-c1ccccc1)[C@@H](C)OC(C)(C)C.CN[C@@H](C)C(=O)N[C@H](C(=O)N1C[C@H](OCc2ccccc2)C[C@H]1C(=O)Nc1snnc1-c1ccccc1)C1CCCCC1.CN[C@@H](C)C(=O)N[C@H](CC(F)(F)F)C(=O)N1CCC[C@H]1C(=O)Nc1snnc1-c1ccccc1. The Hall–Kier alpha value is -12.5. The van der Waals surface area contributed by atoms with Crippen LogP contribution in [0.15, 0.2) is 152 Å². The number of nitrogens with zero attached hydrogens (tertiary/aromatic N) is 12. The molecule has 14 rings (SSSR count). The first-order chi connectivity index (χ1) is 70.5. The maximum Gasteiger partial charge on any atom is 0.391 e. The molecule has 792 valence electrons. The predicted octanol–water partition coefficient (Wildman–Crippen LogP) is 9.97. The highest BCUT2D eigenvalue weighted by molar-refractivity contribution is 7.11. The lowest BCUT2D eigenvalue weighted by atomic mass is 9.83. The summed E-state index contributed by atoms with van der Waals surface area (Å²) in [7, 11) is 6.56. The minimum absolute atomic E-state index is 0.0117. The fourth-order valence-electron chi connectivity index (χ4n) is 17.6. The molecule has 8 heterocycles. The largest absolute Gasteiger partial charge is 0.391 e. The van der Waals surface area contributed by atoms with Gasteiger partial charge in [-0.1, -0.05) is 189 Å². The maximum absolute atomic E-state index is 14.3. The lowest BCUT2D eigenvalue weighted by Crippen LogP contribution is -2.59. The van der Waals surface area contributed by atoms with Crippen molar-refractivity contribution in [2.45, 2.75) is 261 Å². The van der Waals surface area contributed by atoms with Crippen LogP contribution in [0.5, 0.6) is 0 Å². The molecule has 12 amide bonds. The van der Waals surface area contributed by atoms with Crippen LogP contribution in [0.25, 0.3) is 45.0 Å². The van der Waals surface area contributed by atoms with E-state index in [-0.39, 0.29) is 84.7 Å². The normalized spacial score (nSPS) is 18.6. The van der Waals surface area contributed by atoms with Gasteiger partial charge >= 0.3 is 6.18 Å². The summed E-state index contributed by atoms with van der Waals surface area (Å²) in [4.78, 5) is 164. The van der Waals surface area contributed by atoms with Crippen LogP contribution in [0.4, 0.5) is 33.2 Å². The Bertz CT molecular complexity index is 5790. The first kappa shape index (κ1) is 115. The number of carbonyl (C=O) groups is 12. The van der Waals surface area contributed by atoms with Crippen LogP contribution < -0.4 is 69.5 Å². The van der Waals surface area contributed by atoms with Crippen molar-refractivity contribution < 1.29 is 80.2 Å². The van der Waals surface area contributed by atoms with Gasteiger partial charge in [-0.25, -0.2) is 0 Å². The van der Waals surface area contributed by atoms with Gasteiger partial charge in [0.15, 0.2) is 0 Å². The Labute approximate surface area is 869 Å². The molecule has 14 atom stereocenters. The second-order valence-electron chi connectivity index (χ2n) is 37.5. The minimum Gasteiger partial charge on any atom is -0.372 e. The summed E-state index contributed by atoms with van der Waals surface area (Å²) in [5, 5.41) is 52.4. The first-order valence-corrected chi connectivity index (χ1v) is 52.6. The number of nitrogens with one attached hydrogen (secondary N) is 12. The number of alkyl halides is 3. The summed E-state index contributed by atoms with van der Waals surface area (Å²) in [6.45, 7) is 16.3. The van der Waals surface area contributed by atoms with Gasteiger partial charge in [0, 0.05) is 101 Å². The Kier molecular flexibility index (Phi) is 43.8. The minimum atomic E-state index is -4.69. The van der Waals surface area contributed by atoms with E-state index in [1.807, 2.05) is 160 Å². The molecule has 0 bridgehead atoms. The molecule has 14 N–H and O–H groups in total. The lowest BCUT2D eigenvalue weighted by Gasteiger charge is -2.35. The molecule has 4 aliphatic heterocycles. The summed E-state index contributed by atoms with van der Waals surface area (Å²) in [6, 6.07) is 38.0. The van der Waals surface area contributed by atoms with Gasteiger partial charge in [-0.2, -0.15) is 13.2 Å². The van der Waals surface area contributed by atoms with Gasteiger partial charge in [0.2, 0.25) is 70.9 Å². The van der Waals surface area contributed by atoms with Crippen LogP contribution in [0.1, 0.15) is 164 Å². The van der Waals surface area contributed by atoms with Crippen LogP contribution in [-0.2, 0) is 73.6 Å². The van der Waals surface area contributed by atoms with Crippen molar-refractivity contribution in [1.29, 1.82) is 0 Å².